The number of halogens is 1. The molecule has 0 aromatic heterocycles. The van der Waals surface area contributed by atoms with E-state index in [2.05, 4.69) is 13.8 Å². The summed E-state index contributed by atoms with van der Waals surface area (Å²) in [5, 5.41) is 10.1. The van der Waals surface area contributed by atoms with Gasteiger partial charge in [-0.1, -0.05) is 37.6 Å². The quantitative estimate of drug-likeness (QED) is 0.732. The first kappa shape index (κ1) is 15.5. The van der Waals surface area contributed by atoms with E-state index < -0.39 is 0 Å². The molecular formula is C15H23ClO2. The second kappa shape index (κ2) is 8.52. The van der Waals surface area contributed by atoms with Crippen molar-refractivity contribution < 1.29 is 9.84 Å². The summed E-state index contributed by atoms with van der Waals surface area (Å²) in [4.78, 5) is 0. The second-order valence-corrected chi connectivity index (χ2v) is 5.58. The molecule has 0 spiro atoms. The zero-order valence-corrected chi connectivity index (χ0v) is 12.0. The molecule has 0 saturated carbocycles. The molecule has 0 aliphatic heterocycles. The van der Waals surface area contributed by atoms with Crippen molar-refractivity contribution in [3.63, 3.8) is 0 Å². The zero-order valence-electron chi connectivity index (χ0n) is 11.2. The Hall–Kier alpha value is -0.570. The van der Waals surface area contributed by atoms with Gasteiger partial charge in [0, 0.05) is 24.8 Å². The third-order valence-electron chi connectivity index (χ3n) is 2.79. The van der Waals surface area contributed by atoms with Crippen LogP contribution in [0.2, 0.25) is 5.02 Å². The molecule has 1 aromatic carbocycles. The van der Waals surface area contributed by atoms with Gasteiger partial charge in [0.25, 0.3) is 0 Å². The van der Waals surface area contributed by atoms with Crippen molar-refractivity contribution in [2.24, 2.45) is 11.8 Å². The molecule has 0 heterocycles. The highest BCUT2D eigenvalue weighted by atomic mass is 35.5. The topological polar surface area (TPSA) is 29.5 Å². The summed E-state index contributed by atoms with van der Waals surface area (Å²) in [6, 6.07) is 7.81. The van der Waals surface area contributed by atoms with Crippen LogP contribution in [0.5, 0.6) is 0 Å². The van der Waals surface area contributed by atoms with Gasteiger partial charge in [-0.3, -0.25) is 0 Å². The summed E-state index contributed by atoms with van der Waals surface area (Å²) in [6.45, 7) is 5.96. The van der Waals surface area contributed by atoms with Crippen LogP contribution in [0.3, 0.4) is 0 Å². The highest BCUT2D eigenvalue weighted by molar-refractivity contribution is 6.30. The minimum atomic E-state index is 0.192. The Morgan fingerprint density at radius 1 is 1.33 bits per heavy atom. The molecule has 0 amide bonds. The van der Waals surface area contributed by atoms with Crippen molar-refractivity contribution >= 4 is 11.6 Å². The van der Waals surface area contributed by atoms with Gasteiger partial charge >= 0.3 is 0 Å². The van der Waals surface area contributed by atoms with E-state index in [1.165, 1.54) is 5.56 Å². The molecule has 18 heavy (non-hydrogen) atoms. The number of benzene rings is 1. The molecule has 0 bridgehead atoms. The number of hydrogen-bond donors (Lipinski definition) is 1. The summed E-state index contributed by atoms with van der Waals surface area (Å²) >= 11 is 5.95. The first-order valence-electron chi connectivity index (χ1n) is 6.55. The fraction of sp³-hybridized carbons (Fsp3) is 0.600. The number of rotatable bonds is 8. The van der Waals surface area contributed by atoms with E-state index in [1.54, 1.807) is 0 Å². The van der Waals surface area contributed by atoms with E-state index in [1.807, 2.05) is 24.3 Å². The van der Waals surface area contributed by atoms with Crippen LogP contribution in [-0.2, 0) is 11.2 Å². The molecule has 3 heteroatoms. The predicted octanol–water partition coefficient (Wildman–Crippen LogP) is 3.55. The van der Waals surface area contributed by atoms with E-state index in [4.69, 9.17) is 16.3 Å². The largest absolute Gasteiger partial charge is 0.396 e. The average molecular weight is 271 g/mol. The fourth-order valence-corrected chi connectivity index (χ4v) is 2.04. The molecule has 1 rings (SSSR count). The lowest BCUT2D eigenvalue weighted by Crippen LogP contribution is -2.14. The van der Waals surface area contributed by atoms with Crippen LogP contribution in [0.25, 0.3) is 0 Å². The van der Waals surface area contributed by atoms with Gasteiger partial charge in [-0.25, -0.2) is 0 Å². The Balaban J connectivity index is 2.33. The normalized spacial score (nSPS) is 12.9. The first-order valence-corrected chi connectivity index (χ1v) is 6.92. The molecule has 1 aromatic rings. The highest BCUT2D eigenvalue weighted by Crippen LogP contribution is 2.16. The van der Waals surface area contributed by atoms with E-state index >= 15 is 0 Å². The van der Waals surface area contributed by atoms with Gasteiger partial charge in [0.15, 0.2) is 0 Å². The van der Waals surface area contributed by atoms with E-state index in [-0.39, 0.29) is 12.5 Å². The van der Waals surface area contributed by atoms with Gasteiger partial charge in [-0.05, 0) is 42.4 Å². The predicted molar refractivity (Wildman–Crippen MR) is 76.0 cm³/mol. The number of aliphatic hydroxyl groups is 1. The van der Waals surface area contributed by atoms with E-state index in [9.17, 15) is 5.11 Å². The summed E-state index contributed by atoms with van der Waals surface area (Å²) in [5.41, 5.74) is 1.17. The van der Waals surface area contributed by atoms with Gasteiger partial charge in [0.05, 0.1) is 0 Å². The molecule has 0 aliphatic carbocycles. The summed E-state index contributed by atoms with van der Waals surface area (Å²) in [7, 11) is 0. The third kappa shape index (κ3) is 6.39. The molecule has 0 saturated heterocycles. The number of ether oxygens (including phenoxy) is 1. The van der Waals surface area contributed by atoms with Crippen molar-refractivity contribution in [3.8, 4) is 0 Å². The lowest BCUT2D eigenvalue weighted by molar-refractivity contribution is 0.0878. The van der Waals surface area contributed by atoms with Gasteiger partial charge in [0.2, 0.25) is 0 Å². The molecule has 1 atom stereocenters. The maximum absolute atomic E-state index is 9.38. The van der Waals surface area contributed by atoms with Crippen molar-refractivity contribution in [3.05, 3.63) is 34.9 Å². The lowest BCUT2D eigenvalue weighted by Gasteiger charge is -2.15. The smallest absolute Gasteiger partial charge is 0.0488 e. The molecule has 0 aliphatic rings. The monoisotopic (exact) mass is 270 g/mol. The first-order chi connectivity index (χ1) is 8.61. The fourth-order valence-electron chi connectivity index (χ4n) is 1.82. The van der Waals surface area contributed by atoms with Crippen molar-refractivity contribution in [1.29, 1.82) is 0 Å². The lowest BCUT2D eigenvalue weighted by atomic mass is 9.97. The standard InChI is InChI=1S/C15H23ClO2/c1-12(2)11-18-7-6-14(10-17)8-13-4-3-5-15(16)9-13/h3-5,9,12,14,17H,6-8,10-11H2,1-2H3. The molecule has 2 nitrogen and oxygen atoms in total. The Morgan fingerprint density at radius 3 is 2.72 bits per heavy atom. The molecule has 0 fully saturated rings. The molecule has 102 valence electrons. The third-order valence-corrected chi connectivity index (χ3v) is 3.03. The Bertz CT molecular complexity index is 339. The Labute approximate surface area is 115 Å². The minimum absolute atomic E-state index is 0.192. The minimum Gasteiger partial charge on any atom is -0.396 e. The highest BCUT2D eigenvalue weighted by Gasteiger charge is 2.09. The Morgan fingerprint density at radius 2 is 2.11 bits per heavy atom. The molecular weight excluding hydrogens is 248 g/mol. The molecule has 1 unspecified atom stereocenters. The second-order valence-electron chi connectivity index (χ2n) is 5.14. The van der Waals surface area contributed by atoms with Gasteiger partial charge in [-0.15, -0.1) is 0 Å². The van der Waals surface area contributed by atoms with Gasteiger partial charge < -0.3 is 9.84 Å². The van der Waals surface area contributed by atoms with Crippen LogP contribution >= 0.6 is 11.6 Å². The van der Waals surface area contributed by atoms with Crippen LogP contribution in [0, 0.1) is 11.8 Å². The van der Waals surface area contributed by atoms with Crippen molar-refractivity contribution in [2.75, 3.05) is 19.8 Å². The SMILES string of the molecule is CC(C)COCCC(CO)Cc1cccc(Cl)c1. The van der Waals surface area contributed by atoms with E-state index in [0.29, 0.717) is 12.5 Å². The maximum atomic E-state index is 9.38. The van der Waals surface area contributed by atoms with Crippen LogP contribution in [0.4, 0.5) is 0 Å². The molecule has 1 N–H and O–H groups in total. The maximum Gasteiger partial charge on any atom is 0.0488 e. The van der Waals surface area contributed by atoms with Crippen LogP contribution < -0.4 is 0 Å². The van der Waals surface area contributed by atoms with Gasteiger partial charge in [-0.2, -0.15) is 0 Å². The summed E-state index contributed by atoms with van der Waals surface area (Å²) in [5.74, 6) is 0.807. The zero-order chi connectivity index (χ0) is 13.4. The van der Waals surface area contributed by atoms with Gasteiger partial charge in [0.1, 0.15) is 0 Å². The Kier molecular flexibility index (Phi) is 7.33. The van der Waals surface area contributed by atoms with E-state index in [0.717, 1.165) is 24.5 Å². The van der Waals surface area contributed by atoms with Crippen molar-refractivity contribution in [1.82, 2.24) is 0 Å². The summed E-state index contributed by atoms with van der Waals surface area (Å²) in [6.07, 6.45) is 1.73. The van der Waals surface area contributed by atoms with Crippen LogP contribution in [0.1, 0.15) is 25.8 Å². The van der Waals surface area contributed by atoms with Crippen LogP contribution in [-0.4, -0.2) is 24.9 Å². The summed E-state index contributed by atoms with van der Waals surface area (Å²) < 4.78 is 5.55. The number of aliphatic hydroxyl groups excluding tert-OH is 1. The average Bonchev–Trinajstić information content (AvgIpc) is 2.33. The molecule has 0 radical (unpaired) electrons. The van der Waals surface area contributed by atoms with Crippen molar-refractivity contribution in [2.45, 2.75) is 26.7 Å². The number of hydrogen-bond acceptors (Lipinski definition) is 2. The van der Waals surface area contributed by atoms with Crippen LogP contribution in [0.15, 0.2) is 24.3 Å².